The summed E-state index contributed by atoms with van der Waals surface area (Å²) in [5, 5.41) is 3.29. The Morgan fingerprint density at radius 1 is 1.36 bits per heavy atom. The normalized spacial score (nSPS) is 24.2. The summed E-state index contributed by atoms with van der Waals surface area (Å²) in [7, 11) is 0. The summed E-state index contributed by atoms with van der Waals surface area (Å²) in [6, 6.07) is 6.36. The molecular weight excluding hydrogens is 368 g/mol. The largest absolute Gasteiger partial charge is 0.366 e. The van der Waals surface area contributed by atoms with E-state index in [4.69, 9.17) is 4.74 Å². The molecule has 5 nitrogen and oxygen atoms in total. The minimum atomic E-state index is -0.419. The van der Waals surface area contributed by atoms with Crippen molar-refractivity contribution >= 4 is 30.7 Å². The van der Waals surface area contributed by atoms with Crippen molar-refractivity contribution in [2.24, 2.45) is 0 Å². The Kier molecular flexibility index (Phi) is 9.10. The Morgan fingerprint density at radius 2 is 2.16 bits per heavy atom. The summed E-state index contributed by atoms with van der Waals surface area (Å²) in [6.45, 7) is 7.10. The molecule has 1 N–H and O–H groups in total. The lowest BCUT2D eigenvalue weighted by atomic mass is 10.0. The highest BCUT2D eigenvalue weighted by atomic mass is 35.5. The molecule has 0 saturated carbocycles. The molecule has 3 rings (SSSR count). The van der Waals surface area contributed by atoms with Crippen molar-refractivity contribution in [2.45, 2.75) is 19.1 Å². The number of halogens is 3. The van der Waals surface area contributed by atoms with Crippen molar-refractivity contribution in [1.82, 2.24) is 15.1 Å². The third-order valence-corrected chi connectivity index (χ3v) is 4.63. The number of morpholine rings is 1. The van der Waals surface area contributed by atoms with Gasteiger partial charge in [0.2, 0.25) is 0 Å². The maximum atomic E-state index is 13.5. The number of amides is 1. The smallest absolute Gasteiger partial charge is 0.253 e. The molecule has 25 heavy (non-hydrogen) atoms. The average molecular weight is 394 g/mol. The topological polar surface area (TPSA) is 44.8 Å². The zero-order valence-electron chi connectivity index (χ0n) is 14.3. The fourth-order valence-corrected chi connectivity index (χ4v) is 3.30. The number of carbonyl (C=O) groups excluding carboxylic acids is 1. The molecule has 2 heterocycles. The van der Waals surface area contributed by atoms with Crippen LogP contribution in [0.5, 0.6) is 0 Å². The van der Waals surface area contributed by atoms with Crippen molar-refractivity contribution in [3.05, 3.63) is 35.6 Å². The van der Waals surface area contributed by atoms with Gasteiger partial charge in [-0.05, 0) is 24.2 Å². The van der Waals surface area contributed by atoms with Gasteiger partial charge >= 0.3 is 0 Å². The van der Waals surface area contributed by atoms with Crippen LogP contribution in [0.25, 0.3) is 0 Å². The number of rotatable bonds is 3. The Hall–Kier alpha value is -0.920. The van der Waals surface area contributed by atoms with E-state index in [1.54, 1.807) is 6.07 Å². The van der Waals surface area contributed by atoms with Gasteiger partial charge in [-0.2, -0.15) is 0 Å². The molecule has 1 amide bonds. The van der Waals surface area contributed by atoms with Gasteiger partial charge in [0.1, 0.15) is 11.9 Å². The second-order valence-electron chi connectivity index (χ2n) is 6.06. The van der Waals surface area contributed by atoms with E-state index in [2.05, 4.69) is 17.1 Å². The van der Waals surface area contributed by atoms with Crippen molar-refractivity contribution in [3.8, 4) is 0 Å². The molecule has 8 heteroatoms. The Balaban J connectivity index is 0.00000156. The molecule has 0 bridgehead atoms. The first-order chi connectivity index (χ1) is 11.2. The van der Waals surface area contributed by atoms with Crippen LogP contribution < -0.4 is 5.32 Å². The highest BCUT2D eigenvalue weighted by molar-refractivity contribution is 5.85. The Labute approximate surface area is 160 Å². The van der Waals surface area contributed by atoms with Crippen molar-refractivity contribution < 1.29 is 13.9 Å². The number of nitrogens with one attached hydrogen (secondary N) is 1. The third-order valence-electron chi connectivity index (χ3n) is 4.63. The predicted molar refractivity (Wildman–Crippen MR) is 100 cm³/mol. The Bertz CT molecular complexity index is 564. The minimum Gasteiger partial charge on any atom is -0.366 e. The SMILES string of the molecule is CCN1CCOC(C(=O)N2CCNCC2c2cccc(F)c2)C1.Cl.Cl. The number of benzene rings is 1. The molecule has 1 aromatic carbocycles. The van der Waals surface area contributed by atoms with Gasteiger partial charge in [-0.1, -0.05) is 19.1 Å². The van der Waals surface area contributed by atoms with Gasteiger partial charge in [0, 0.05) is 32.7 Å². The lowest BCUT2D eigenvalue weighted by molar-refractivity contribution is -0.152. The molecular formula is C17H26Cl2FN3O2. The number of likely N-dealkylation sites (N-methyl/N-ethyl adjacent to an activating group) is 1. The maximum absolute atomic E-state index is 13.5. The van der Waals surface area contributed by atoms with E-state index in [0.717, 1.165) is 25.2 Å². The summed E-state index contributed by atoms with van der Waals surface area (Å²) in [5.74, 6) is -0.259. The van der Waals surface area contributed by atoms with E-state index < -0.39 is 6.10 Å². The first-order valence-corrected chi connectivity index (χ1v) is 8.29. The van der Waals surface area contributed by atoms with Crippen LogP contribution in [0.4, 0.5) is 4.39 Å². The average Bonchev–Trinajstić information content (AvgIpc) is 2.61. The van der Waals surface area contributed by atoms with Gasteiger partial charge in [0.15, 0.2) is 0 Å². The first kappa shape index (κ1) is 22.1. The number of ether oxygens (including phenoxy) is 1. The number of hydrogen-bond donors (Lipinski definition) is 1. The first-order valence-electron chi connectivity index (χ1n) is 8.29. The lowest BCUT2D eigenvalue weighted by Crippen LogP contribution is -2.56. The van der Waals surface area contributed by atoms with Crippen LogP contribution in [0, 0.1) is 5.82 Å². The minimum absolute atomic E-state index is 0. The highest BCUT2D eigenvalue weighted by Gasteiger charge is 2.35. The molecule has 1 aromatic rings. The van der Waals surface area contributed by atoms with Crippen LogP contribution in [0.2, 0.25) is 0 Å². The summed E-state index contributed by atoms with van der Waals surface area (Å²) < 4.78 is 19.3. The van der Waals surface area contributed by atoms with Crippen LogP contribution in [-0.4, -0.2) is 67.7 Å². The molecule has 2 atom stereocenters. The van der Waals surface area contributed by atoms with Gasteiger partial charge in [-0.3, -0.25) is 9.69 Å². The summed E-state index contributed by atoms with van der Waals surface area (Å²) >= 11 is 0. The van der Waals surface area contributed by atoms with Crippen LogP contribution >= 0.6 is 24.8 Å². The van der Waals surface area contributed by atoms with Crippen LogP contribution in [-0.2, 0) is 9.53 Å². The number of hydrogen-bond acceptors (Lipinski definition) is 4. The zero-order chi connectivity index (χ0) is 16.2. The van der Waals surface area contributed by atoms with E-state index in [-0.39, 0.29) is 42.6 Å². The van der Waals surface area contributed by atoms with Gasteiger partial charge in [0.05, 0.1) is 12.6 Å². The van der Waals surface area contributed by atoms with Gasteiger partial charge in [-0.25, -0.2) is 4.39 Å². The monoisotopic (exact) mass is 393 g/mol. The van der Waals surface area contributed by atoms with Crippen LogP contribution in [0.3, 0.4) is 0 Å². The molecule has 2 aliphatic rings. The van der Waals surface area contributed by atoms with E-state index in [9.17, 15) is 9.18 Å². The summed E-state index contributed by atoms with van der Waals surface area (Å²) in [4.78, 5) is 17.0. The van der Waals surface area contributed by atoms with Gasteiger partial charge in [-0.15, -0.1) is 24.8 Å². The molecule has 2 unspecified atom stereocenters. The lowest BCUT2D eigenvalue weighted by Gasteiger charge is -2.40. The standard InChI is InChI=1S/C17H24FN3O2.2ClH/c1-2-20-8-9-23-16(12-20)17(22)21-7-6-19-11-15(21)13-4-3-5-14(18)10-13;;/h3-5,10,15-16,19H,2,6-9,11-12H2,1H3;2*1H. The fourth-order valence-electron chi connectivity index (χ4n) is 3.30. The molecule has 0 spiro atoms. The highest BCUT2D eigenvalue weighted by Crippen LogP contribution is 2.24. The number of nitrogens with zero attached hydrogens (tertiary/aromatic N) is 2. The van der Waals surface area contributed by atoms with Crippen molar-refractivity contribution in [2.75, 3.05) is 45.9 Å². The van der Waals surface area contributed by atoms with Gasteiger partial charge < -0.3 is 15.0 Å². The van der Waals surface area contributed by atoms with Crippen molar-refractivity contribution in [1.29, 1.82) is 0 Å². The van der Waals surface area contributed by atoms with Gasteiger partial charge in [0.25, 0.3) is 5.91 Å². The third kappa shape index (κ3) is 5.28. The number of carbonyl (C=O) groups is 1. The molecule has 142 valence electrons. The molecule has 0 aliphatic carbocycles. The second kappa shape index (κ2) is 10.3. The summed E-state index contributed by atoms with van der Waals surface area (Å²) in [6.07, 6.45) is -0.419. The fraction of sp³-hybridized carbons (Fsp3) is 0.588. The molecule has 2 fully saturated rings. The van der Waals surface area contributed by atoms with Crippen molar-refractivity contribution in [3.63, 3.8) is 0 Å². The van der Waals surface area contributed by atoms with E-state index in [1.165, 1.54) is 12.1 Å². The predicted octanol–water partition coefficient (Wildman–Crippen LogP) is 1.86. The quantitative estimate of drug-likeness (QED) is 0.850. The second-order valence-corrected chi connectivity index (χ2v) is 6.06. The van der Waals surface area contributed by atoms with Crippen LogP contribution in [0.15, 0.2) is 24.3 Å². The maximum Gasteiger partial charge on any atom is 0.253 e. The summed E-state index contributed by atoms with van der Waals surface area (Å²) in [5.41, 5.74) is 0.828. The van der Waals surface area contributed by atoms with Crippen LogP contribution in [0.1, 0.15) is 18.5 Å². The Morgan fingerprint density at radius 3 is 2.88 bits per heavy atom. The van der Waals surface area contributed by atoms with E-state index in [0.29, 0.717) is 26.2 Å². The number of piperazine rings is 1. The van der Waals surface area contributed by atoms with E-state index >= 15 is 0 Å². The molecule has 2 saturated heterocycles. The molecule has 0 radical (unpaired) electrons. The van der Waals surface area contributed by atoms with E-state index in [1.807, 2.05) is 11.0 Å². The molecule has 2 aliphatic heterocycles. The zero-order valence-corrected chi connectivity index (χ0v) is 16.0. The molecule has 0 aromatic heterocycles.